The van der Waals surface area contributed by atoms with Gasteiger partial charge in [-0.05, 0) is 6.42 Å². The molecule has 0 aromatic heterocycles. The standard InChI is InChI=1S/C14H26O4.K.H/c1-2-3-4-5-6-7-8-9-10-11-12(13(15)16)14(17)18;;/h12H,2-11H2,1H3,(H,15,16)(H,17,18);;. The van der Waals surface area contributed by atoms with E-state index >= 15 is 0 Å². The topological polar surface area (TPSA) is 74.6 Å². The third kappa shape index (κ3) is 13.3. The van der Waals surface area contributed by atoms with Crippen LogP contribution in [0.4, 0.5) is 0 Å². The molecule has 0 unspecified atom stereocenters. The van der Waals surface area contributed by atoms with Crippen LogP contribution < -0.4 is 0 Å². The summed E-state index contributed by atoms with van der Waals surface area (Å²) in [5.74, 6) is -3.67. The Morgan fingerprint density at radius 1 is 0.789 bits per heavy atom. The molecule has 0 atom stereocenters. The summed E-state index contributed by atoms with van der Waals surface area (Å²) in [7, 11) is 0. The monoisotopic (exact) mass is 298 g/mol. The molecule has 0 radical (unpaired) electrons. The van der Waals surface area contributed by atoms with Crippen LogP contribution in [0.3, 0.4) is 0 Å². The molecule has 0 heterocycles. The first-order valence-electron chi connectivity index (χ1n) is 7.05. The summed E-state index contributed by atoms with van der Waals surface area (Å²) in [5, 5.41) is 17.4. The minimum atomic E-state index is -1.23. The van der Waals surface area contributed by atoms with Crippen molar-refractivity contribution >= 4 is 63.3 Å². The van der Waals surface area contributed by atoms with Gasteiger partial charge in [-0.2, -0.15) is 0 Å². The normalized spacial score (nSPS) is 10.2. The Morgan fingerprint density at radius 3 is 1.53 bits per heavy atom. The van der Waals surface area contributed by atoms with Crippen LogP contribution in [0.5, 0.6) is 0 Å². The summed E-state index contributed by atoms with van der Waals surface area (Å²) >= 11 is 0. The SMILES string of the molecule is CCCCCCCCCCCC(C(=O)O)C(=O)O.[KH]. The van der Waals surface area contributed by atoms with Crippen LogP contribution in [0.15, 0.2) is 0 Å². The van der Waals surface area contributed by atoms with Gasteiger partial charge in [0.25, 0.3) is 0 Å². The van der Waals surface area contributed by atoms with E-state index in [4.69, 9.17) is 10.2 Å². The minimum absolute atomic E-state index is 0. The van der Waals surface area contributed by atoms with Crippen LogP contribution in [0.2, 0.25) is 0 Å². The van der Waals surface area contributed by atoms with Gasteiger partial charge >= 0.3 is 63.3 Å². The predicted molar refractivity (Wildman–Crippen MR) is 77.8 cm³/mol. The molecule has 0 aromatic rings. The number of carbonyl (C=O) groups is 2. The third-order valence-electron chi connectivity index (χ3n) is 3.19. The van der Waals surface area contributed by atoms with E-state index in [1.165, 1.54) is 38.5 Å². The molecule has 108 valence electrons. The number of carboxylic acid groups (broad SMARTS) is 2. The maximum atomic E-state index is 10.6. The second-order valence-corrected chi connectivity index (χ2v) is 4.85. The fraction of sp³-hybridized carbons (Fsp3) is 0.857. The average molecular weight is 298 g/mol. The van der Waals surface area contributed by atoms with Gasteiger partial charge in [0.05, 0.1) is 0 Å². The van der Waals surface area contributed by atoms with Crippen molar-refractivity contribution in [2.75, 3.05) is 0 Å². The molecule has 0 bridgehead atoms. The number of unbranched alkanes of at least 4 members (excludes halogenated alkanes) is 8. The summed E-state index contributed by atoms with van der Waals surface area (Å²) in [6, 6.07) is 0. The Hall–Kier alpha value is 0.576. The van der Waals surface area contributed by atoms with Crippen molar-refractivity contribution in [3.63, 3.8) is 0 Å². The van der Waals surface area contributed by atoms with E-state index in [1.807, 2.05) is 0 Å². The first-order chi connectivity index (χ1) is 8.59. The molecule has 0 saturated heterocycles. The second-order valence-electron chi connectivity index (χ2n) is 4.85. The number of aliphatic carboxylic acids is 2. The summed E-state index contributed by atoms with van der Waals surface area (Å²) < 4.78 is 0. The van der Waals surface area contributed by atoms with Gasteiger partial charge in [-0.3, -0.25) is 9.59 Å². The first-order valence-corrected chi connectivity index (χ1v) is 7.05. The maximum absolute atomic E-state index is 10.6. The van der Waals surface area contributed by atoms with E-state index in [0.29, 0.717) is 6.42 Å². The van der Waals surface area contributed by atoms with Crippen LogP contribution >= 0.6 is 0 Å². The average Bonchev–Trinajstić information content (AvgIpc) is 2.30. The molecule has 2 N–H and O–H groups in total. The Bertz CT molecular complexity index is 230. The van der Waals surface area contributed by atoms with Crippen LogP contribution in [0.25, 0.3) is 0 Å². The fourth-order valence-corrected chi connectivity index (χ4v) is 2.01. The van der Waals surface area contributed by atoms with Crippen molar-refractivity contribution in [1.82, 2.24) is 0 Å². The van der Waals surface area contributed by atoms with E-state index in [1.54, 1.807) is 0 Å². The molecule has 0 aliphatic rings. The van der Waals surface area contributed by atoms with Crippen LogP contribution in [0, 0.1) is 5.92 Å². The van der Waals surface area contributed by atoms with Crippen LogP contribution in [-0.4, -0.2) is 73.5 Å². The molecule has 0 spiro atoms. The van der Waals surface area contributed by atoms with E-state index in [0.717, 1.165) is 12.8 Å². The van der Waals surface area contributed by atoms with Gasteiger partial charge in [0.2, 0.25) is 0 Å². The van der Waals surface area contributed by atoms with Crippen molar-refractivity contribution < 1.29 is 19.8 Å². The molecular weight excluding hydrogens is 271 g/mol. The van der Waals surface area contributed by atoms with E-state index in [9.17, 15) is 9.59 Å². The molecular formula is C14H27KO4. The molecule has 0 saturated carbocycles. The van der Waals surface area contributed by atoms with Crippen molar-refractivity contribution in [2.45, 2.75) is 71.1 Å². The molecule has 0 amide bonds. The zero-order chi connectivity index (χ0) is 13.8. The molecule has 0 rings (SSSR count). The van der Waals surface area contributed by atoms with Gasteiger partial charge in [0.1, 0.15) is 0 Å². The number of hydrogen-bond donors (Lipinski definition) is 2. The first kappa shape index (κ1) is 21.9. The summed E-state index contributed by atoms with van der Waals surface area (Å²) in [6.07, 6.45) is 10.5. The molecule has 0 aliphatic heterocycles. The molecule has 19 heavy (non-hydrogen) atoms. The van der Waals surface area contributed by atoms with E-state index < -0.39 is 17.9 Å². The van der Waals surface area contributed by atoms with Crippen molar-refractivity contribution in [2.24, 2.45) is 5.92 Å². The van der Waals surface area contributed by atoms with Crippen molar-refractivity contribution in [1.29, 1.82) is 0 Å². The molecule has 5 heteroatoms. The van der Waals surface area contributed by atoms with Gasteiger partial charge in [0.15, 0.2) is 5.92 Å². The zero-order valence-corrected chi connectivity index (χ0v) is 11.4. The van der Waals surface area contributed by atoms with Crippen LogP contribution in [-0.2, 0) is 9.59 Å². The van der Waals surface area contributed by atoms with Crippen LogP contribution in [0.1, 0.15) is 71.1 Å². The molecule has 0 aliphatic carbocycles. The Kier molecular flexibility index (Phi) is 17.2. The van der Waals surface area contributed by atoms with Gasteiger partial charge < -0.3 is 10.2 Å². The third-order valence-corrected chi connectivity index (χ3v) is 3.19. The van der Waals surface area contributed by atoms with Crippen molar-refractivity contribution in [3.05, 3.63) is 0 Å². The number of rotatable bonds is 12. The Balaban J connectivity index is 0. The van der Waals surface area contributed by atoms with E-state index in [2.05, 4.69) is 6.92 Å². The number of carboxylic acids is 2. The van der Waals surface area contributed by atoms with Gasteiger partial charge in [-0.25, -0.2) is 0 Å². The van der Waals surface area contributed by atoms with E-state index in [-0.39, 0.29) is 57.8 Å². The summed E-state index contributed by atoms with van der Waals surface area (Å²) in [6.45, 7) is 2.20. The zero-order valence-electron chi connectivity index (χ0n) is 11.4. The number of hydrogen-bond acceptors (Lipinski definition) is 2. The molecule has 4 nitrogen and oxygen atoms in total. The van der Waals surface area contributed by atoms with Crippen molar-refractivity contribution in [3.8, 4) is 0 Å². The van der Waals surface area contributed by atoms with Gasteiger partial charge in [-0.15, -0.1) is 0 Å². The quantitative estimate of drug-likeness (QED) is 0.330. The Labute approximate surface area is 158 Å². The van der Waals surface area contributed by atoms with Gasteiger partial charge in [0, 0.05) is 0 Å². The fourth-order valence-electron chi connectivity index (χ4n) is 2.01. The molecule has 0 aromatic carbocycles. The Morgan fingerprint density at radius 2 is 1.16 bits per heavy atom. The molecule has 0 fully saturated rings. The summed E-state index contributed by atoms with van der Waals surface area (Å²) in [5.41, 5.74) is 0. The predicted octanol–water partition coefficient (Wildman–Crippen LogP) is 3.04. The van der Waals surface area contributed by atoms with Gasteiger partial charge in [-0.1, -0.05) is 64.7 Å². The summed E-state index contributed by atoms with van der Waals surface area (Å²) in [4.78, 5) is 21.3. The second kappa shape index (κ2) is 15.0.